The van der Waals surface area contributed by atoms with E-state index in [2.05, 4.69) is 16.0 Å². The Hall–Kier alpha value is -2.80. The highest BCUT2D eigenvalue weighted by Crippen LogP contribution is 2.15. The van der Waals surface area contributed by atoms with Crippen LogP contribution in [0.1, 0.15) is 35.9 Å². The molecule has 0 spiro atoms. The third-order valence-electron chi connectivity index (χ3n) is 4.29. The molecule has 0 aliphatic carbocycles. The van der Waals surface area contributed by atoms with Crippen LogP contribution in [0.3, 0.4) is 0 Å². The van der Waals surface area contributed by atoms with Crippen LogP contribution in [0, 0.1) is 0 Å². The van der Waals surface area contributed by atoms with Crippen molar-refractivity contribution in [1.82, 2.24) is 10.6 Å². The van der Waals surface area contributed by atoms with E-state index in [0.717, 1.165) is 25.0 Å². The Bertz CT molecular complexity index is 722. The van der Waals surface area contributed by atoms with Gasteiger partial charge >= 0.3 is 6.03 Å². The molecule has 3 N–H and O–H groups in total. The molecule has 1 aliphatic rings. The van der Waals surface area contributed by atoms with Gasteiger partial charge in [-0.05, 0) is 49.6 Å². The second-order valence-corrected chi connectivity index (χ2v) is 6.30. The molecule has 26 heavy (non-hydrogen) atoms. The number of anilines is 1. The fourth-order valence-corrected chi connectivity index (χ4v) is 2.84. The van der Waals surface area contributed by atoms with Gasteiger partial charge in [0.05, 0.1) is 18.4 Å². The molecule has 0 saturated carbocycles. The first kappa shape index (κ1) is 18.0. The lowest BCUT2D eigenvalue weighted by Crippen LogP contribution is -2.45. The van der Waals surface area contributed by atoms with Gasteiger partial charge in [-0.3, -0.25) is 4.79 Å². The SMILES string of the molecule is CC(NC(=O)NCc1ccc(NC(=O)c2ccco2)cc1)C1CCCO1. The van der Waals surface area contributed by atoms with Gasteiger partial charge in [-0.25, -0.2) is 4.79 Å². The van der Waals surface area contributed by atoms with E-state index in [1.165, 1.54) is 6.26 Å². The second-order valence-electron chi connectivity index (χ2n) is 6.30. The standard InChI is InChI=1S/C19H23N3O4/c1-13(16-4-2-10-25-16)21-19(24)20-12-14-6-8-15(9-7-14)22-18(23)17-5-3-11-26-17/h3,5-9,11,13,16H,2,4,10,12H2,1H3,(H,22,23)(H2,20,21,24). The monoisotopic (exact) mass is 357 g/mol. The summed E-state index contributed by atoms with van der Waals surface area (Å²) in [4.78, 5) is 23.9. The normalized spacial score (nSPS) is 17.5. The minimum absolute atomic E-state index is 0.0170. The zero-order valence-corrected chi connectivity index (χ0v) is 14.7. The first-order valence-corrected chi connectivity index (χ1v) is 8.71. The van der Waals surface area contributed by atoms with Crippen LogP contribution in [0.4, 0.5) is 10.5 Å². The molecule has 1 aromatic carbocycles. The van der Waals surface area contributed by atoms with Crippen LogP contribution in [0.5, 0.6) is 0 Å². The zero-order chi connectivity index (χ0) is 18.4. The zero-order valence-electron chi connectivity index (χ0n) is 14.7. The Kier molecular flexibility index (Phi) is 5.91. The molecular weight excluding hydrogens is 334 g/mol. The van der Waals surface area contributed by atoms with Gasteiger partial charge < -0.3 is 25.1 Å². The minimum atomic E-state index is -0.302. The third-order valence-corrected chi connectivity index (χ3v) is 4.29. The Morgan fingerprint density at radius 1 is 1.23 bits per heavy atom. The van der Waals surface area contributed by atoms with Crippen molar-refractivity contribution in [3.63, 3.8) is 0 Å². The highest BCUT2D eigenvalue weighted by molar-refractivity contribution is 6.02. The number of carbonyl (C=O) groups excluding carboxylic acids is 2. The summed E-state index contributed by atoms with van der Waals surface area (Å²) in [6, 6.07) is 10.3. The summed E-state index contributed by atoms with van der Waals surface area (Å²) in [6.45, 7) is 3.11. The first-order chi connectivity index (χ1) is 12.6. The Labute approximate surface area is 152 Å². The lowest BCUT2D eigenvalue weighted by molar-refractivity contribution is 0.0860. The molecule has 2 unspecified atom stereocenters. The maximum absolute atomic E-state index is 12.0. The summed E-state index contributed by atoms with van der Waals surface area (Å²) < 4.78 is 10.6. The Morgan fingerprint density at radius 2 is 2.04 bits per heavy atom. The third kappa shape index (κ3) is 4.86. The molecule has 0 radical (unpaired) electrons. The van der Waals surface area contributed by atoms with Gasteiger partial charge in [-0.15, -0.1) is 0 Å². The van der Waals surface area contributed by atoms with Crippen molar-refractivity contribution in [1.29, 1.82) is 0 Å². The van der Waals surface area contributed by atoms with E-state index in [-0.39, 0.29) is 29.8 Å². The van der Waals surface area contributed by atoms with Gasteiger partial charge in [0.25, 0.3) is 5.91 Å². The fourth-order valence-electron chi connectivity index (χ4n) is 2.84. The van der Waals surface area contributed by atoms with E-state index in [9.17, 15) is 9.59 Å². The molecular formula is C19H23N3O4. The maximum atomic E-state index is 12.0. The van der Waals surface area contributed by atoms with Gasteiger partial charge in [0.15, 0.2) is 5.76 Å². The number of amides is 3. The molecule has 0 bridgehead atoms. The van der Waals surface area contributed by atoms with E-state index < -0.39 is 0 Å². The molecule has 2 aromatic rings. The number of hydrogen-bond donors (Lipinski definition) is 3. The number of benzene rings is 1. The topological polar surface area (TPSA) is 92.6 Å². The number of nitrogens with one attached hydrogen (secondary N) is 3. The smallest absolute Gasteiger partial charge is 0.315 e. The summed E-state index contributed by atoms with van der Waals surface area (Å²) in [5.74, 6) is -0.0452. The predicted octanol–water partition coefficient (Wildman–Crippen LogP) is 2.90. The number of ether oxygens (including phenoxy) is 1. The number of urea groups is 1. The highest BCUT2D eigenvalue weighted by atomic mass is 16.5. The molecule has 3 rings (SSSR count). The van der Waals surface area contributed by atoms with Crippen molar-refractivity contribution in [2.24, 2.45) is 0 Å². The van der Waals surface area contributed by atoms with E-state index in [0.29, 0.717) is 12.2 Å². The number of furan rings is 1. The van der Waals surface area contributed by atoms with Crippen LogP contribution in [-0.2, 0) is 11.3 Å². The molecule has 1 aliphatic heterocycles. The molecule has 7 heteroatoms. The average Bonchev–Trinajstić information content (AvgIpc) is 3.34. The molecule has 138 valence electrons. The van der Waals surface area contributed by atoms with Gasteiger partial charge in [-0.1, -0.05) is 12.1 Å². The van der Waals surface area contributed by atoms with Crippen molar-refractivity contribution in [2.45, 2.75) is 38.5 Å². The van der Waals surface area contributed by atoms with Crippen LogP contribution in [0.25, 0.3) is 0 Å². The molecule has 2 heterocycles. The van der Waals surface area contributed by atoms with Gasteiger partial charge in [-0.2, -0.15) is 0 Å². The molecule has 1 saturated heterocycles. The Morgan fingerprint density at radius 3 is 2.69 bits per heavy atom. The summed E-state index contributed by atoms with van der Waals surface area (Å²) in [7, 11) is 0. The van der Waals surface area contributed by atoms with Gasteiger partial charge in [0.1, 0.15) is 0 Å². The molecule has 2 atom stereocenters. The molecule has 1 fully saturated rings. The van der Waals surface area contributed by atoms with Crippen molar-refractivity contribution in [3.05, 3.63) is 54.0 Å². The largest absolute Gasteiger partial charge is 0.459 e. The maximum Gasteiger partial charge on any atom is 0.315 e. The fraction of sp³-hybridized carbons (Fsp3) is 0.368. The number of rotatable bonds is 6. The Balaban J connectivity index is 1.43. The highest BCUT2D eigenvalue weighted by Gasteiger charge is 2.23. The van der Waals surface area contributed by atoms with Crippen molar-refractivity contribution in [2.75, 3.05) is 11.9 Å². The molecule has 1 aromatic heterocycles. The van der Waals surface area contributed by atoms with Crippen LogP contribution in [0.15, 0.2) is 47.1 Å². The second kappa shape index (κ2) is 8.53. The molecule has 3 amide bonds. The van der Waals surface area contributed by atoms with Crippen LogP contribution < -0.4 is 16.0 Å². The van der Waals surface area contributed by atoms with E-state index >= 15 is 0 Å². The van der Waals surface area contributed by atoms with Crippen LogP contribution in [-0.4, -0.2) is 30.7 Å². The minimum Gasteiger partial charge on any atom is -0.459 e. The predicted molar refractivity (Wildman–Crippen MR) is 96.9 cm³/mol. The number of carbonyl (C=O) groups is 2. The van der Waals surface area contributed by atoms with Crippen molar-refractivity contribution in [3.8, 4) is 0 Å². The average molecular weight is 357 g/mol. The lowest BCUT2D eigenvalue weighted by Gasteiger charge is -2.20. The van der Waals surface area contributed by atoms with Crippen LogP contribution >= 0.6 is 0 Å². The summed E-state index contributed by atoms with van der Waals surface area (Å²) in [5, 5.41) is 8.48. The van der Waals surface area contributed by atoms with Crippen molar-refractivity contribution < 1.29 is 18.7 Å². The summed E-state index contributed by atoms with van der Waals surface area (Å²) in [5.41, 5.74) is 1.59. The van der Waals surface area contributed by atoms with Gasteiger partial charge in [0.2, 0.25) is 0 Å². The van der Waals surface area contributed by atoms with E-state index in [1.54, 1.807) is 24.3 Å². The van der Waals surface area contributed by atoms with Crippen molar-refractivity contribution >= 4 is 17.6 Å². The summed E-state index contributed by atoms with van der Waals surface area (Å²) in [6.07, 6.45) is 3.57. The summed E-state index contributed by atoms with van der Waals surface area (Å²) >= 11 is 0. The molecule has 7 nitrogen and oxygen atoms in total. The quantitative estimate of drug-likeness (QED) is 0.741. The van der Waals surface area contributed by atoms with E-state index in [4.69, 9.17) is 9.15 Å². The van der Waals surface area contributed by atoms with Crippen LogP contribution in [0.2, 0.25) is 0 Å². The van der Waals surface area contributed by atoms with Gasteiger partial charge in [0, 0.05) is 18.8 Å². The first-order valence-electron chi connectivity index (χ1n) is 8.71. The number of hydrogen-bond acceptors (Lipinski definition) is 4. The van der Waals surface area contributed by atoms with E-state index in [1.807, 2.05) is 19.1 Å². The lowest BCUT2D eigenvalue weighted by atomic mass is 10.1.